The quantitative estimate of drug-likeness (QED) is 0.830. The van der Waals surface area contributed by atoms with Crippen molar-refractivity contribution < 1.29 is 19.1 Å². The van der Waals surface area contributed by atoms with Gasteiger partial charge in [0, 0.05) is 26.1 Å². The van der Waals surface area contributed by atoms with Gasteiger partial charge in [-0.25, -0.2) is 0 Å². The number of nitrogens with zero attached hydrogens (tertiary/aromatic N) is 2. The van der Waals surface area contributed by atoms with Crippen LogP contribution in [0.1, 0.15) is 19.8 Å². The maximum absolute atomic E-state index is 12.3. The molecule has 22 heavy (non-hydrogen) atoms. The summed E-state index contributed by atoms with van der Waals surface area (Å²) in [5, 5.41) is 0. The minimum atomic E-state index is -0.198. The molecule has 1 aromatic carbocycles. The highest BCUT2D eigenvalue weighted by Crippen LogP contribution is 2.32. The Bertz CT molecular complexity index is 553. The molecule has 0 radical (unpaired) electrons. The molecule has 0 spiro atoms. The number of amides is 2. The predicted molar refractivity (Wildman–Crippen MR) is 83.4 cm³/mol. The smallest absolute Gasteiger partial charge is 0.242 e. The van der Waals surface area contributed by atoms with Crippen LogP contribution >= 0.6 is 0 Å². The molecule has 2 amide bonds. The molecule has 2 rings (SSSR count). The van der Waals surface area contributed by atoms with Crippen LogP contribution in [-0.4, -0.2) is 50.6 Å². The van der Waals surface area contributed by atoms with Crippen molar-refractivity contribution in [1.82, 2.24) is 4.90 Å². The normalized spacial score (nSPS) is 13.9. The van der Waals surface area contributed by atoms with Gasteiger partial charge < -0.3 is 14.4 Å². The molecule has 1 fully saturated rings. The van der Waals surface area contributed by atoms with Crippen LogP contribution in [0.3, 0.4) is 0 Å². The first kappa shape index (κ1) is 16.1. The molecule has 120 valence electrons. The van der Waals surface area contributed by atoms with Crippen LogP contribution in [0.15, 0.2) is 18.2 Å². The lowest BCUT2D eigenvalue weighted by atomic mass is 10.2. The molecular weight excluding hydrogens is 284 g/mol. The number of carbonyl (C=O) groups excluding carboxylic acids is 2. The van der Waals surface area contributed by atoms with Gasteiger partial charge in [0.15, 0.2) is 0 Å². The van der Waals surface area contributed by atoms with Gasteiger partial charge >= 0.3 is 0 Å². The van der Waals surface area contributed by atoms with E-state index in [9.17, 15) is 9.59 Å². The summed E-state index contributed by atoms with van der Waals surface area (Å²) in [6.07, 6.45) is 2.05. The number of likely N-dealkylation sites (tertiary alicyclic amines) is 1. The van der Waals surface area contributed by atoms with E-state index in [1.807, 2.05) is 0 Å². The van der Waals surface area contributed by atoms with Crippen LogP contribution in [0.25, 0.3) is 0 Å². The minimum absolute atomic E-state index is 0.0258. The number of anilines is 1. The van der Waals surface area contributed by atoms with Crippen molar-refractivity contribution in [3.05, 3.63) is 18.2 Å². The van der Waals surface area contributed by atoms with E-state index in [0.29, 0.717) is 17.2 Å². The maximum Gasteiger partial charge on any atom is 0.242 e. The molecule has 0 saturated carbocycles. The summed E-state index contributed by atoms with van der Waals surface area (Å²) in [6, 6.07) is 5.18. The lowest BCUT2D eigenvalue weighted by molar-refractivity contribution is -0.130. The third-order valence-electron chi connectivity index (χ3n) is 3.81. The third-order valence-corrected chi connectivity index (χ3v) is 3.81. The molecule has 1 saturated heterocycles. The first-order chi connectivity index (χ1) is 10.6. The molecule has 0 unspecified atom stereocenters. The molecule has 0 atom stereocenters. The fraction of sp³-hybridized carbons (Fsp3) is 0.500. The second-order valence-corrected chi connectivity index (χ2v) is 5.23. The fourth-order valence-corrected chi connectivity index (χ4v) is 2.58. The lowest BCUT2D eigenvalue weighted by Gasteiger charge is -2.25. The Kier molecular flexibility index (Phi) is 5.25. The molecule has 0 bridgehead atoms. The summed E-state index contributed by atoms with van der Waals surface area (Å²) in [5.74, 6) is 0.903. The average molecular weight is 306 g/mol. The highest BCUT2D eigenvalue weighted by atomic mass is 16.5. The molecular formula is C16H22N2O4. The van der Waals surface area contributed by atoms with E-state index in [4.69, 9.17) is 9.47 Å². The van der Waals surface area contributed by atoms with Crippen molar-refractivity contribution in [1.29, 1.82) is 0 Å². The maximum atomic E-state index is 12.3. The van der Waals surface area contributed by atoms with Crippen LogP contribution < -0.4 is 14.4 Å². The van der Waals surface area contributed by atoms with Crippen LogP contribution in [0.4, 0.5) is 5.69 Å². The molecule has 6 nitrogen and oxygen atoms in total. The van der Waals surface area contributed by atoms with Crippen molar-refractivity contribution in [3.63, 3.8) is 0 Å². The average Bonchev–Trinajstić information content (AvgIpc) is 3.06. The van der Waals surface area contributed by atoms with E-state index in [-0.39, 0.29) is 18.4 Å². The van der Waals surface area contributed by atoms with E-state index < -0.39 is 0 Å². The standard InChI is InChI=1S/C16H22N2O4/c1-12(19)18(11-16(20)17-8-4-5-9-17)14-7-6-13(21-2)10-15(14)22-3/h6-7,10H,4-5,8-9,11H2,1-3H3. The number of rotatable bonds is 5. The Hall–Kier alpha value is -2.24. The van der Waals surface area contributed by atoms with Crippen LogP contribution in [0, 0.1) is 0 Å². The van der Waals surface area contributed by atoms with E-state index in [1.165, 1.54) is 18.9 Å². The van der Waals surface area contributed by atoms with Crippen molar-refractivity contribution in [2.24, 2.45) is 0 Å². The summed E-state index contributed by atoms with van der Waals surface area (Å²) in [7, 11) is 3.09. The molecule has 1 heterocycles. The number of methoxy groups -OCH3 is 2. The van der Waals surface area contributed by atoms with Crippen molar-refractivity contribution in [2.45, 2.75) is 19.8 Å². The van der Waals surface area contributed by atoms with Crippen molar-refractivity contribution in [3.8, 4) is 11.5 Å². The van der Waals surface area contributed by atoms with Crippen LogP contribution in [0.2, 0.25) is 0 Å². The summed E-state index contributed by atoms with van der Waals surface area (Å²) in [5.41, 5.74) is 0.573. The Labute approximate surface area is 130 Å². The Morgan fingerprint density at radius 1 is 1.18 bits per heavy atom. The first-order valence-electron chi connectivity index (χ1n) is 7.34. The zero-order chi connectivity index (χ0) is 16.1. The molecule has 0 aliphatic carbocycles. The summed E-state index contributed by atoms with van der Waals surface area (Å²) >= 11 is 0. The Morgan fingerprint density at radius 2 is 1.86 bits per heavy atom. The lowest BCUT2D eigenvalue weighted by Crippen LogP contribution is -2.41. The minimum Gasteiger partial charge on any atom is -0.497 e. The van der Waals surface area contributed by atoms with Gasteiger partial charge in [0.25, 0.3) is 0 Å². The molecule has 0 aromatic heterocycles. The number of hydrogen-bond donors (Lipinski definition) is 0. The SMILES string of the molecule is COc1ccc(N(CC(=O)N2CCCC2)C(C)=O)c(OC)c1. The zero-order valence-electron chi connectivity index (χ0n) is 13.3. The largest absolute Gasteiger partial charge is 0.497 e. The number of hydrogen-bond acceptors (Lipinski definition) is 4. The van der Waals surface area contributed by atoms with Crippen LogP contribution in [0.5, 0.6) is 11.5 Å². The van der Waals surface area contributed by atoms with Crippen molar-refractivity contribution >= 4 is 17.5 Å². The molecule has 1 aliphatic rings. The monoisotopic (exact) mass is 306 g/mol. The molecule has 6 heteroatoms. The van der Waals surface area contributed by atoms with Gasteiger partial charge in [0.05, 0.1) is 19.9 Å². The van der Waals surface area contributed by atoms with E-state index in [2.05, 4.69) is 0 Å². The second-order valence-electron chi connectivity index (χ2n) is 5.23. The highest BCUT2D eigenvalue weighted by Gasteiger charge is 2.24. The number of ether oxygens (including phenoxy) is 2. The van der Waals surface area contributed by atoms with Gasteiger partial charge in [0.1, 0.15) is 18.0 Å². The molecule has 1 aromatic rings. The van der Waals surface area contributed by atoms with Gasteiger partial charge in [-0.1, -0.05) is 0 Å². The fourth-order valence-electron chi connectivity index (χ4n) is 2.58. The zero-order valence-corrected chi connectivity index (χ0v) is 13.3. The molecule has 1 aliphatic heterocycles. The van der Waals surface area contributed by atoms with Gasteiger partial charge in [-0.05, 0) is 25.0 Å². The number of carbonyl (C=O) groups is 2. The topological polar surface area (TPSA) is 59.1 Å². The Balaban J connectivity index is 2.23. The Morgan fingerprint density at radius 3 is 2.41 bits per heavy atom. The third kappa shape index (κ3) is 3.50. The summed E-state index contributed by atoms with van der Waals surface area (Å²) in [6.45, 7) is 3.01. The van der Waals surface area contributed by atoms with E-state index in [1.54, 1.807) is 30.2 Å². The van der Waals surface area contributed by atoms with E-state index in [0.717, 1.165) is 25.9 Å². The predicted octanol–water partition coefficient (Wildman–Crippen LogP) is 1.68. The summed E-state index contributed by atoms with van der Waals surface area (Å²) in [4.78, 5) is 27.5. The molecule has 0 N–H and O–H groups in total. The highest BCUT2D eigenvalue weighted by molar-refractivity contribution is 5.98. The number of benzene rings is 1. The van der Waals surface area contributed by atoms with Crippen molar-refractivity contribution in [2.75, 3.05) is 38.8 Å². The van der Waals surface area contributed by atoms with Gasteiger partial charge in [-0.2, -0.15) is 0 Å². The first-order valence-corrected chi connectivity index (χ1v) is 7.34. The van der Waals surface area contributed by atoms with Gasteiger partial charge in [-0.15, -0.1) is 0 Å². The van der Waals surface area contributed by atoms with E-state index >= 15 is 0 Å². The summed E-state index contributed by atoms with van der Waals surface area (Å²) < 4.78 is 10.5. The van der Waals surface area contributed by atoms with Gasteiger partial charge in [0.2, 0.25) is 11.8 Å². The van der Waals surface area contributed by atoms with Gasteiger partial charge in [-0.3, -0.25) is 14.5 Å². The second kappa shape index (κ2) is 7.15. The van der Waals surface area contributed by atoms with Crippen LogP contribution in [-0.2, 0) is 9.59 Å².